The lowest BCUT2D eigenvalue weighted by Gasteiger charge is -2.42. The molecular weight excluding hydrogens is 292 g/mol. The summed E-state index contributed by atoms with van der Waals surface area (Å²) in [5, 5.41) is 20.3. The van der Waals surface area contributed by atoms with Gasteiger partial charge in [-0.3, -0.25) is 4.79 Å². The fourth-order valence-corrected chi connectivity index (χ4v) is 4.55. The highest BCUT2D eigenvalue weighted by atomic mass is 16.5. The Morgan fingerprint density at radius 3 is 2.74 bits per heavy atom. The van der Waals surface area contributed by atoms with Crippen molar-refractivity contribution < 1.29 is 19.7 Å². The molecule has 0 radical (unpaired) electrons. The highest BCUT2D eigenvalue weighted by molar-refractivity contribution is 5.70. The number of carbonyl (C=O) groups is 1. The smallest absolute Gasteiger partial charge is 0.308 e. The average Bonchev–Trinajstić information content (AvgIpc) is 2.45. The third kappa shape index (κ3) is 3.69. The maximum atomic E-state index is 11.5. The van der Waals surface area contributed by atoms with E-state index in [1.807, 2.05) is 0 Å². The first-order valence-corrected chi connectivity index (χ1v) is 8.89. The summed E-state index contributed by atoms with van der Waals surface area (Å²) in [4.78, 5) is 11.5. The topological polar surface area (TPSA) is 66.8 Å². The zero-order chi connectivity index (χ0) is 16.6. The summed E-state index contributed by atoms with van der Waals surface area (Å²) in [6.45, 7) is 4.35. The van der Waals surface area contributed by atoms with Gasteiger partial charge >= 0.3 is 5.97 Å². The van der Waals surface area contributed by atoms with Crippen LogP contribution in [-0.2, 0) is 9.53 Å². The van der Waals surface area contributed by atoms with Crippen LogP contribution in [0.1, 0.15) is 46.0 Å². The number of aliphatic hydroxyl groups excluding tert-OH is 2. The summed E-state index contributed by atoms with van der Waals surface area (Å²) >= 11 is 0. The minimum Gasteiger partial charge on any atom is -0.462 e. The number of carbonyl (C=O) groups excluding carboxylic acids is 1. The molecule has 2 N–H and O–H groups in total. The van der Waals surface area contributed by atoms with Crippen molar-refractivity contribution in [3.05, 3.63) is 23.8 Å². The highest BCUT2D eigenvalue weighted by Gasteiger charge is 2.39. The monoisotopic (exact) mass is 320 g/mol. The van der Waals surface area contributed by atoms with E-state index in [-0.39, 0.29) is 30.5 Å². The number of allylic oxidation sites excluding steroid dienone is 3. The number of aliphatic hydroxyl groups is 2. The van der Waals surface area contributed by atoms with Crippen LogP contribution in [0.25, 0.3) is 0 Å². The molecule has 1 heterocycles. The fraction of sp³-hybridized carbons (Fsp3) is 0.737. The van der Waals surface area contributed by atoms with Crippen LogP contribution in [0.3, 0.4) is 0 Å². The van der Waals surface area contributed by atoms with Crippen molar-refractivity contribution in [3.63, 3.8) is 0 Å². The molecule has 0 aromatic rings. The summed E-state index contributed by atoms with van der Waals surface area (Å²) in [7, 11) is 0. The molecule has 4 heteroatoms. The lowest BCUT2D eigenvalue weighted by atomic mass is 9.65. The Labute approximate surface area is 138 Å². The second-order valence-electron chi connectivity index (χ2n) is 7.64. The van der Waals surface area contributed by atoms with Crippen LogP contribution in [0.4, 0.5) is 0 Å². The maximum absolute atomic E-state index is 11.5. The van der Waals surface area contributed by atoms with Crippen LogP contribution >= 0.6 is 0 Å². The van der Waals surface area contributed by atoms with Gasteiger partial charge in [0.1, 0.15) is 6.10 Å². The number of hydrogen-bond acceptors (Lipinski definition) is 4. The van der Waals surface area contributed by atoms with E-state index in [4.69, 9.17) is 4.74 Å². The van der Waals surface area contributed by atoms with Gasteiger partial charge in [0.2, 0.25) is 0 Å². The summed E-state index contributed by atoms with van der Waals surface area (Å²) in [6, 6.07) is 0. The molecule has 0 bridgehead atoms. The first-order valence-electron chi connectivity index (χ1n) is 8.89. The number of ether oxygens (including phenoxy) is 1. The molecule has 0 aromatic heterocycles. The van der Waals surface area contributed by atoms with Crippen molar-refractivity contribution >= 4 is 5.97 Å². The predicted molar refractivity (Wildman–Crippen MR) is 87.5 cm³/mol. The van der Waals surface area contributed by atoms with Gasteiger partial charge in [-0.2, -0.15) is 0 Å². The summed E-state index contributed by atoms with van der Waals surface area (Å²) < 4.78 is 5.37. The average molecular weight is 320 g/mol. The van der Waals surface area contributed by atoms with Gasteiger partial charge in [-0.15, -0.1) is 0 Å². The molecule has 3 rings (SSSR count). The molecule has 1 aliphatic heterocycles. The predicted octanol–water partition coefficient (Wildman–Crippen LogP) is 2.60. The largest absolute Gasteiger partial charge is 0.462 e. The molecular formula is C19H28O4. The van der Waals surface area contributed by atoms with Crippen LogP contribution < -0.4 is 0 Å². The molecule has 0 spiro atoms. The minimum absolute atomic E-state index is 0.116. The van der Waals surface area contributed by atoms with Crippen LogP contribution in [0, 0.1) is 23.7 Å². The van der Waals surface area contributed by atoms with Crippen molar-refractivity contribution in [2.75, 3.05) is 0 Å². The second-order valence-corrected chi connectivity index (χ2v) is 7.64. The van der Waals surface area contributed by atoms with E-state index in [1.54, 1.807) is 0 Å². The summed E-state index contributed by atoms with van der Waals surface area (Å²) in [5.41, 5.74) is 1.26. The second kappa shape index (κ2) is 6.78. The van der Waals surface area contributed by atoms with E-state index in [0.717, 1.165) is 19.3 Å². The Balaban J connectivity index is 1.67. The quantitative estimate of drug-likeness (QED) is 0.785. The molecule has 1 fully saturated rings. The molecule has 1 unspecified atom stereocenters. The standard InChI is InChI=1S/C19H28O4/c1-11-7-13-4-3-12(2)16(19(13)17(21)8-11)6-5-15-9-14(20)10-18(22)23-15/h3-4,7,11-12,14-17,19-21H,5-6,8-10H2,1-2H3/t11-,12+,14-,15-,16+,17-,19?/m1/s1. The Bertz CT molecular complexity index is 509. The fourth-order valence-electron chi connectivity index (χ4n) is 4.55. The van der Waals surface area contributed by atoms with E-state index < -0.39 is 6.10 Å². The van der Waals surface area contributed by atoms with Gasteiger partial charge in [-0.25, -0.2) is 0 Å². The molecule has 3 aliphatic rings. The van der Waals surface area contributed by atoms with Crippen molar-refractivity contribution in [3.8, 4) is 0 Å². The number of fused-ring (bicyclic) bond motifs is 1. The van der Waals surface area contributed by atoms with Crippen molar-refractivity contribution in [2.24, 2.45) is 23.7 Å². The van der Waals surface area contributed by atoms with Crippen LogP contribution in [-0.4, -0.2) is 34.5 Å². The Morgan fingerprint density at radius 2 is 2.00 bits per heavy atom. The summed E-state index contributed by atoms with van der Waals surface area (Å²) in [6.07, 6.45) is 8.80. The molecule has 23 heavy (non-hydrogen) atoms. The van der Waals surface area contributed by atoms with Gasteiger partial charge in [0.05, 0.1) is 18.6 Å². The molecule has 2 aliphatic carbocycles. The number of cyclic esters (lactones) is 1. The Morgan fingerprint density at radius 1 is 1.22 bits per heavy atom. The number of esters is 1. The molecule has 128 valence electrons. The Kier molecular flexibility index (Phi) is 4.93. The zero-order valence-corrected chi connectivity index (χ0v) is 14.0. The van der Waals surface area contributed by atoms with Gasteiger partial charge in [-0.1, -0.05) is 32.1 Å². The van der Waals surface area contributed by atoms with Crippen molar-refractivity contribution in [1.82, 2.24) is 0 Å². The molecule has 1 saturated heterocycles. The van der Waals surface area contributed by atoms with Gasteiger partial charge in [-0.05, 0) is 42.6 Å². The third-order valence-corrected chi connectivity index (χ3v) is 5.68. The van der Waals surface area contributed by atoms with E-state index in [1.165, 1.54) is 5.57 Å². The van der Waals surface area contributed by atoms with Crippen molar-refractivity contribution in [2.45, 2.75) is 64.3 Å². The zero-order valence-electron chi connectivity index (χ0n) is 14.0. The van der Waals surface area contributed by atoms with E-state index in [0.29, 0.717) is 24.2 Å². The van der Waals surface area contributed by atoms with Gasteiger partial charge in [0.15, 0.2) is 0 Å². The third-order valence-electron chi connectivity index (χ3n) is 5.68. The van der Waals surface area contributed by atoms with E-state index >= 15 is 0 Å². The van der Waals surface area contributed by atoms with Gasteiger partial charge in [0, 0.05) is 12.3 Å². The highest BCUT2D eigenvalue weighted by Crippen LogP contribution is 2.43. The van der Waals surface area contributed by atoms with Crippen LogP contribution in [0.15, 0.2) is 23.8 Å². The molecule has 0 amide bonds. The Hall–Kier alpha value is -1.13. The maximum Gasteiger partial charge on any atom is 0.308 e. The van der Waals surface area contributed by atoms with Gasteiger partial charge < -0.3 is 14.9 Å². The van der Waals surface area contributed by atoms with Gasteiger partial charge in [0.25, 0.3) is 0 Å². The number of hydrogen-bond donors (Lipinski definition) is 2. The molecule has 4 nitrogen and oxygen atoms in total. The normalized spacial score (nSPS) is 43.6. The summed E-state index contributed by atoms with van der Waals surface area (Å²) in [5.74, 6) is 1.09. The lowest BCUT2D eigenvalue weighted by molar-refractivity contribution is -0.160. The molecule has 0 saturated carbocycles. The number of rotatable bonds is 3. The van der Waals surface area contributed by atoms with Crippen LogP contribution in [0.2, 0.25) is 0 Å². The molecule has 0 aromatic carbocycles. The van der Waals surface area contributed by atoms with E-state index in [9.17, 15) is 15.0 Å². The van der Waals surface area contributed by atoms with Crippen molar-refractivity contribution in [1.29, 1.82) is 0 Å². The van der Waals surface area contributed by atoms with Crippen LogP contribution in [0.5, 0.6) is 0 Å². The molecule has 7 atom stereocenters. The first-order chi connectivity index (χ1) is 10.9. The lowest BCUT2D eigenvalue weighted by Crippen LogP contribution is -2.39. The first kappa shape index (κ1) is 16.7. The minimum atomic E-state index is -0.568. The SMILES string of the molecule is C[C@@H]1C=C2C=C[C@H](C)[C@H](CC[C@@H]3C[C@@H](O)CC(=O)O3)C2[C@H](O)C1. The van der Waals surface area contributed by atoms with E-state index in [2.05, 4.69) is 32.1 Å².